The maximum Gasteiger partial charge on any atom is 0.240 e. The highest BCUT2D eigenvalue weighted by atomic mass is 127. The minimum absolute atomic E-state index is 0. The number of hydrogen-bond acceptors (Lipinski definition) is 4. The van der Waals surface area contributed by atoms with Crippen molar-refractivity contribution in [2.45, 2.75) is 11.4 Å². The van der Waals surface area contributed by atoms with Crippen molar-refractivity contribution in [3.05, 3.63) is 29.8 Å². The smallest absolute Gasteiger partial charge is 0.240 e. The lowest BCUT2D eigenvalue weighted by Crippen LogP contribution is -2.34. The predicted molar refractivity (Wildman–Crippen MR) is 93.3 cm³/mol. The maximum absolute atomic E-state index is 11.7. The molecule has 4 N–H and O–H groups in total. The van der Waals surface area contributed by atoms with Gasteiger partial charge in [-0.25, -0.2) is 18.1 Å². The Morgan fingerprint density at radius 3 is 2.76 bits per heavy atom. The molecular formula is C12H21IN4O3S. The fraction of sp³-hybridized carbons (Fsp3) is 0.417. The van der Waals surface area contributed by atoms with Crippen molar-refractivity contribution in [2.75, 3.05) is 27.3 Å². The fourth-order valence-electron chi connectivity index (χ4n) is 1.44. The molecule has 0 amide bonds. The van der Waals surface area contributed by atoms with Crippen LogP contribution in [0.3, 0.4) is 0 Å². The number of ether oxygens (including phenoxy) is 1. The molecule has 0 saturated heterocycles. The van der Waals surface area contributed by atoms with Crippen molar-refractivity contribution >= 4 is 40.0 Å². The highest BCUT2D eigenvalue weighted by molar-refractivity contribution is 14.0. The fourth-order valence-corrected chi connectivity index (χ4v) is 2.24. The van der Waals surface area contributed by atoms with Crippen LogP contribution in [0.15, 0.2) is 34.2 Å². The standard InChI is InChI=1S/C12H20N4O3S.HI/c1-14-20(17,18)11-5-3-4-10(8-11)9-16-12(13)15-6-7-19-2;/h3-5,8,14H,6-7,9H2,1-2H3,(H3,13,15,16);1H. The molecule has 0 aliphatic carbocycles. The second kappa shape index (κ2) is 9.92. The number of methoxy groups -OCH3 is 1. The van der Waals surface area contributed by atoms with Crippen LogP contribution in [0, 0.1) is 0 Å². The number of hydrogen-bond donors (Lipinski definition) is 3. The molecule has 0 bridgehead atoms. The molecule has 0 aliphatic heterocycles. The quantitative estimate of drug-likeness (QED) is 0.250. The van der Waals surface area contributed by atoms with Gasteiger partial charge in [0.2, 0.25) is 10.0 Å². The van der Waals surface area contributed by atoms with Gasteiger partial charge in [0.1, 0.15) is 0 Å². The van der Waals surface area contributed by atoms with E-state index in [1.165, 1.54) is 13.1 Å². The highest BCUT2D eigenvalue weighted by Crippen LogP contribution is 2.11. The van der Waals surface area contributed by atoms with Crippen molar-refractivity contribution in [3.63, 3.8) is 0 Å². The number of benzene rings is 1. The van der Waals surface area contributed by atoms with E-state index in [0.717, 1.165) is 5.56 Å². The van der Waals surface area contributed by atoms with E-state index in [0.29, 0.717) is 25.7 Å². The molecule has 21 heavy (non-hydrogen) atoms. The highest BCUT2D eigenvalue weighted by Gasteiger charge is 2.10. The van der Waals surface area contributed by atoms with Crippen molar-refractivity contribution in [3.8, 4) is 0 Å². The zero-order chi connectivity index (χ0) is 15.0. The Balaban J connectivity index is 0.00000400. The zero-order valence-electron chi connectivity index (χ0n) is 12.0. The Hall–Kier alpha value is -0.910. The van der Waals surface area contributed by atoms with Gasteiger partial charge in [-0.15, -0.1) is 24.0 Å². The maximum atomic E-state index is 11.7. The van der Waals surface area contributed by atoms with Gasteiger partial charge in [0.05, 0.1) is 18.0 Å². The van der Waals surface area contributed by atoms with Gasteiger partial charge in [-0.2, -0.15) is 0 Å². The first kappa shape index (κ1) is 20.1. The van der Waals surface area contributed by atoms with Gasteiger partial charge in [-0.1, -0.05) is 12.1 Å². The predicted octanol–water partition coefficient (Wildman–Crippen LogP) is 0.263. The third-order valence-electron chi connectivity index (χ3n) is 2.52. The molecule has 0 aliphatic rings. The van der Waals surface area contributed by atoms with E-state index in [1.54, 1.807) is 25.3 Å². The molecule has 0 saturated carbocycles. The largest absolute Gasteiger partial charge is 0.383 e. The summed E-state index contributed by atoms with van der Waals surface area (Å²) in [6.07, 6.45) is 0. The summed E-state index contributed by atoms with van der Waals surface area (Å²) in [7, 11) is -0.466. The average molecular weight is 428 g/mol. The molecular weight excluding hydrogens is 407 g/mol. The van der Waals surface area contributed by atoms with Gasteiger partial charge in [0, 0.05) is 13.7 Å². The van der Waals surface area contributed by atoms with Crippen LogP contribution >= 0.6 is 24.0 Å². The first-order valence-corrected chi connectivity index (χ1v) is 7.53. The molecule has 0 unspecified atom stereocenters. The number of halogens is 1. The number of guanidine groups is 1. The molecule has 0 heterocycles. The summed E-state index contributed by atoms with van der Waals surface area (Å²) >= 11 is 0. The SMILES string of the molecule is CNS(=O)(=O)c1cccc(CN=C(N)NCCOC)c1.I. The lowest BCUT2D eigenvalue weighted by molar-refractivity contribution is 0.204. The van der Waals surface area contributed by atoms with Crippen molar-refractivity contribution in [2.24, 2.45) is 10.7 Å². The molecule has 1 rings (SSSR count). The molecule has 9 heteroatoms. The Morgan fingerprint density at radius 2 is 2.14 bits per heavy atom. The lowest BCUT2D eigenvalue weighted by atomic mass is 10.2. The number of rotatable bonds is 7. The van der Waals surface area contributed by atoms with Crippen LogP contribution in [0.5, 0.6) is 0 Å². The normalized spacial score (nSPS) is 11.8. The zero-order valence-corrected chi connectivity index (χ0v) is 15.1. The third kappa shape index (κ3) is 7.07. The van der Waals surface area contributed by atoms with Gasteiger partial charge in [-0.3, -0.25) is 0 Å². The second-order valence-corrected chi connectivity index (χ2v) is 5.86. The third-order valence-corrected chi connectivity index (χ3v) is 3.93. The molecule has 0 radical (unpaired) electrons. The molecule has 1 aromatic rings. The van der Waals surface area contributed by atoms with E-state index in [9.17, 15) is 8.42 Å². The first-order chi connectivity index (χ1) is 9.49. The Labute approximate surface area is 142 Å². The Morgan fingerprint density at radius 1 is 1.43 bits per heavy atom. The summed E-state index contributed by atoms with van der Waals surface area (Å²) < 4.78 is 30.5. The lowest BCUT2D eigenvalue weighted by Gasteiger charge is -2.06. The number of nitrogens with one attached hydrogen (secondary N) is 2. The molecule has 0 fully saturated rings. The van der Waals surface area contributed by atoms with Crippen molar-refractivity contribution in [1.82, 2.24) is 10.0 Å². The summed E-state index contributed by atoms with van der Waals surface area (Å²) in [4.78, 5) is 4.33. The summed E-state index contributed by atoms with van der Waals surface area (Å²) in [6, 6.07) is 6.56. The first-order valence-electron chi connectivity index (χ1n) is 6.05. The van der Waals surface area contributed by atoms with Crippen LogP contribution in [-0.4, -0.2) is 41.7 Å². The van der Waals surface area contributed by atoms with E-state index in [4.69, 9.17) is 10.5 Å². The molecule has 120 valence electrons. The van der Waals surface area contributed by atoms with Crippen LogP contribution in [0.1, 0.15) is 5.56 Å². The molecule has 0 atom stereocenters. The summed E-state index contributed by atoms with van der Waals surface area (Å²) in [5.74, 6) is 0.295. The second-order valence-electron chi connectivity index (χ2n) is 3.98. The minimum Gasteiger partial charge on any atom is -0.383 e. The molecule has 0 aromatic heterocycles. The van der Waals surface area contributed by atoms with Gasteiger partial charge in [-0.05, 0) is 24.7 Å². The van der Waals surface area contributed by atoms with E-state index >= 15 is 0 Å². The summed E-state index contributed by atoms with van der Waals surface area (Å²) in [5, 5.41) is 2.88. The van der Waals surface area contributed by atoms with E-state index in [-0.39, 0.29) is 28.9 Å². The topological polar surface area (TPSA) is 106 Å². The number of sulfonamides is 1. The minimum atomic E-state index is -3.44. The van der Waals surface area contributed by atoms with Gasteiger partial charge >= 0.3 is 0 Å². The number of aliphatic imine (C=N–C) groups is 1. The van der Waals surface area contributed by atoms with Gasteiger partial charge in [0.15, 0.2) is 5.96 Å². The van der Waals surface area contributed by atoms with E-state index in [1.807, 2.05) is 0 Å². The van der Waals surface area contributed by atoms with E-state index < -0.39 is 10.0 Å². The van der Waals surface area contributed by atoms with Crippen LogP contribution in [0.25, 0.3) is 0 Å². The monoisotopic (exact) mass is 428 g/mol. The number of nitrogens with two attached hydrogens (primary N) is 1. The molecule has 7 nitrogen and oxygen atoms in total. The molecule has 0 spiro atoms. The van der Waals surface area contributed by atoms with E-state index in [2.05, 4.69) is 15.0 Å². The summed E-state index contributed by atoms with van der Waals surface area (Å²) in [5.41, 5.74) is 6.43. The van der Waals surface area contributed by atoms with Crippen LogP contribution in [-0.2, 0) is 21.3 Å². The van der Waals surface area contributed by atoms with Crippen LogP contribution in [0.2, 0.25) is 0 Å². The van der Waals surface area contributed by atoms with Crippen LogP contribution < -0.4 is 15.8 Å². The van der Waals surface area contributed by atoms with Gasteiger partial charge in [0.25, 0.3) is 0 Å². The molecule has 1 aromatic carbocycles. The van der Waals surface area contributed by atoms with Gasteiger partial charge < -0.3 is 15.8 Å². The number of nitrogens with zero attached hydrogens (tertiary/aromatic N) is 1. The van der Waals surface area contributed by atoms with Crippen molar-refractivity contribution < 1.29 is 13.2 Å². The van der Waals surface area contributed by atoms with Crippen LogP contribution in [0.4, 0.5) is 0 Å². The Kier molecular flexibility index (Phi) is 9.49. The Bertz CT molecular complexity index is 563. The summed E-state index contributed by atoms with van der Waals surface area (Å²) in [6.45, 7) is 1.41. The van der Waals surface area contributed by atoms with Crippen molar-refractivity contribution in [1.29, 1.82) is 0 Å². The average Bonchev–Trinajstić information content (AvgIpc) is 2.46.